The molecule has 51 heavy (non-hydrogen) atoms. The number of allylic oxidation sites excluding steroid dienone is 2. The highest BCUT2D eigenvalue weighted by Crippen LogP contribution is 2.17. The van der Waals surface area contributed by atoms with Crippen molar-refractivity contribution in [3.63, 3.8) is 0 Å². The van der Waals surface area contributed by atoms with E-state index in [4.69, 9.17) is 0 Å². The van der Waals surface area contributed by atoms with Crippen molar-refractivity contribution in [2.24, 2.45) is 0 Å². The normalized spacial score (nSPS) is 12.9. The van der Waals surface area contributed by atoms with Crippen LogP contribution < -0.4 is 5.32 Å². The third kappa shape index (κ3) is 40.2. The number of nitrogens with one attached hydrogen (secondary N) is 1. The van der Waals surface area contributed by atoms with E-state index in [9.17, 15) is 15.0 Å². The Morgan fingerprint density at radius 2 is 0.745 bits per heavy atom. The van der Waals surface area contributed by atoms with Crippen LogP contribution in [-0.4, -0.2) is 34.9 Å². The van der Waals surface area contributed by atoms with Gasteiger partial charge in [0, 0.05) is 6.42 Å². The van der Waals surface area contributed by atoms with Gasteiger partial charge in [0.1, 0.15) is 0 Å². The molecule has 0 aromatic heterocycles. The number of aliphatic hydroxyl groups is 2. The maximum atomic E-state index is 12.4. The van der Waals surface area contributed by atoms with E-state index in [1.54, 1.807) is 0 Å². The van der Waals surface area contributed by atoms with E-state index < -0.39 is 12.1 Å². The molecule has 0 aliphatic heterocycles. The van der Waals surface area contributed by atoms with Gasteiger partial charge in [-0.2, -0.15) is 0 Å². The molecule has 0 saturated carbocycles. The first-order chi connectivity index (χ1) is 25.2. The van der Waals surface area contributed by atoms with E-state index in [2.05, 4.69) is 31.3 Å². The molecule has 0 saturated heterocycles. The Morgan fingerprint density at radius 1 is 0.451 bits per heavy atom. The zero-order valence-electron chi connectivity index (χ0n) is 34.9. The van der Waals surface area contributed by atoms with Gasteiger partial charge in [-0.05, 0) is 38.5 Å². The number of hydrogen-bond acceptors (Lipinski definition) is 3. The molecule has 0 aromatic rings. The summed E-state index contributed by atoms with van der Waals surface area (Å²) >= 11 is 0. The number of rotatable bonds is 43. The predicted octanol–water partition coefficient (Wildman–Crippen LogP) is 14.6. The summed E-state index contributed by atoms with van der Waals surface area (Å²) in [6.45, 7) is 4.38. The maximum Gasteiger partial charge on any atom is 0.220 e. The van der Waals surface area contributed by atoms with Gasteiger partial charge >= 0.3 is 0 Å². The Labute approximate surface area is 320 Å². The summed E-state index contributed by atoms with van der Waals surface area (Å²) in [5.41, 5.74) is 0. The third-order valence-electron chi connectivity index (χ3n) is 11.0. The van der Waals surface area contributed by atoms with Crippen molar-refractivity contribution in [3.05, 3.63) is 12.2 Å². The monoisotopic (exact) mass is 720 g/mol. The number of hydrogen-bond donors (Lipinski definition) is 3. The highest BCUT2D eigenvalue weighted by atomic mass is 16.3. The molecule has 304 valence electrons. The molecule has 2 unspecified atom stereocenters. The number of aliphatic hydroxyl groups excluding tert-OH is 2. The van der Waals surface area contributed by atoms with Gasteiger partial charge in [0.05, 0.1) is 18.8 Å². The molecule has 4 heteroatoms. The standard InChI is InChI=1S/C47H93NO3/c1-3-5-7-9-11-13-15-17-19-21-23-25-26-28-30-32-34-36-38-40-42-46(50)45(44-49)48-47(51)43-41-39-37-35-33-31-29-27-24-22-20-18-16-14-12-10-8-6-4-2/h18,20,45-46,49-50H,3-17,19,21-44H2,1-2H3,(H,48,51)/b20-18-. The highest BCUT2D eigenvalue weighted by molar-refractivity contribution is 5.76. The van der Waals surface area contributed by atoms with Gasteiger partial charge in [0.25, 0.3) is 0 Å². The fraction of sp³-hybridized carbons (Fsp3) is 0.936. The highest BCUT2D eigenvalue weighted by Gasteiger charge is 2.20. The minimum atomic E-state index is -0.657. The van der Waals surface area contributed by atoms with E-state index in [0.29, 0.717) is 12.8 Å². The lowest BCUT2D eigenvalue weighted by Crippen LogP contribution is -2.45. The van der Waals surface area contributed by atoms with Crippen LogP contribution in [-0.2, 0) is 4.79 Å². The molecular weight excluding hydrogens is 627 g/mol. The maximum absolute atomic E-state index is 12.4. The summed E-state index contributed by atoms with van der Waals surface area (Å²) in [6, 6.07) is -0.534. The molecule has 0 aromatic carbocycles. The zero-order chi connectivity index (χ0) is 37.1. The molecule has 0 aliphatic carbocycles. The van der Waals surface area contributed by atoms with Crippen LogP contribution in [0.15, 0.2) is 12.2 Å². The van der Waals surface area contributed by atoms with Crippen LogP contribution in [0.25, 0.3) is 0 Å². The van der Waals surface area contributed by atoms with Gasteiger partial charge in [-0.25, -0.2) is 0 Å². The molecule has 0 spiro atoms. The fourth-order valence-electron chi connectivity index (χ4n) is 7.42. The van der Waals surface area contributed by atoms with Crippen molar-refractivity contribution < 1.29 is 15.0 Å². The number of carbonyl (C=O) groups is 1. The zero-order valence-corrected chi connectivity index (χ0v) is 34.9. The molecule has 0 rings (SSSR count). The first kappa shape index (κ1) is 50.1. The minimum Gasteiger partial charge on any atom is -0.394 e. The number of amides is 1. The lowest BCUT2D eigenvalue weighted by molar-refractivity contribution is -0.123. The van der Waals surface area contributed by atoms with E-state index in [1.165, 1.54) is 212 Å². The molecular formula is C47H93NO3. The quantitative estimate of drug-likeness (QED) is 0.0434. The average molecular weight is 720 g/mol. The number of unbranched alkanes of at least 4 members (excludes halogenated alkanes) is 34. The lowest BCUT2D eigenvalue weighted by Gasteiger charge is -2.22. The van der Waals surface area contributed by atoms with Gasteiger partial charge in [0.15, 0.2) is 0 Å². The summed E-state index contributed by atoms with van der Waals surface area (Å²) in [5.74, 6) is -0.0300. The lowest BCUT2D eigenvalue weighted by atomic mass is 10.0. The SMILES string of the molecule is CCCCCCCC/C=C\CCCCCCCCCCCC(=O)NC(CO)C(O)CCCCCCCCCCCCCCCCCCCCCC. The topological polar surface area (TPSA) is 69.6 Å². The summed E-state index contributed by atoms with van der Waals surface area (Å²) in [5, 5.41) is 23.2. The Morgan fingerprint density at radius 3 is 1.08 bits per heavy atom. The van der Waals surface area contributed by atoms with E-state index in [-0.39, 0.29) is 12.5 Å². The molecule has 0 bridgehead atoms. The summed E-state index contributed by atoms with van der Waals surface area (Å²) in [6.07, 6.45) is 54.4. The molecule has 2 atom stereocenters. The van der Waals surface area contributed by atoms with E-state index in [0.717, 1.165) is 25.7 Å². The second-order valence-electron chi connectivity index (χ2n) is 16.2. The Kier molecular flexibility index (Phi) is 42.8. The predicted molar refractivity (Wildman–Crippen MR) is 226 cm³/mol. The molecule has 4 nitrogen and oxygen atoms in total. The van der Waals surface area contributed by atoms with Crippen LogP contribution in [0.2, 0.25) is 0 Å². The third-order valence-corrected chi connectivity index (χ3v) is 11.0. The van der Waals surface area contributed by atoms with Gasteiger partial charge in [-0.15, -0.1) is 0 Å². The Hall–Kier alpha value is -0.870. The van der Waals surface area contributed by atoms with Crippen LogP contribution in [0.5, 0.6) is 0 Å². The van der Waals surface area contributed by atoms with E-state index in [1.807, 2.05) is 0 Å². The molecule has 3 N–H and O–H groups in total. The van der Waals surface area contributed by atoms with Crippen molar-refractivity contribution in [2.75, 3.05) is 6.61 Å². The van der Waals surface area contributed by atoms with Crippen LogP contribution in [0.1, 0.15) is 264 Å². The van der Waals surface area contributed by atoms with Crippen LogP contribution in [0, 0.1) is 0 Å². The summed E-state index contributed by atoms with van der Waals surface area (Å²) in [4.78, 5) is 12.4. The fourth-order valence-corrected chi connectivity index (χ4v) is 7.42. The van der Waals surface area contributed by atoms with Gasteiger partial charge < -0.3 is 15.5 Å². The van der Waals surface area contributed by atoms with Gasteiger partial charge in [-0.1, -0.05) is 231 Å². The van der Waals surface area contributed by atoms with Crippen molar-refractivity contribution in [1.82, 2.24) is 5.32 Å². The number of carbonyl (C=O) groups excluding carboxylic acids is 1. The van der Waals surface area contributed by atoms with Crippen LogP contribution in [0.4, 0.5) is 0 Å². The second kappa shape index (κ2) is 43.5. The molecule has 0 heterocycles. The second-order valence-corrected chi connectivity index (χ2v) is 16.2. The van der Waals surface area contributed by atoms with Crippen LogP contribution >= 0.6 is 0 Å². The van der Waals surface area contributed by atoms with Gasteiger partial charge in [-0.3, -0.25) is 4.79 Å². The van der Waals surface area contributed by atoms with Crippen molar-refractivity contribution >= 4 is 5.91 Å². The largest absolute Gasteiger partial charge is 0.394 e. The smallest absolute Gasteiger partial charge is 0.220 e. The van der Waals surface area contributed by atoms with Crippen molar-refractivity contribution in [2.45, 2.75) is 276 Å². The summed E-state index contributed by atoms with van der Waals surface area (Å²) in [7, 11) is 0. The molecule has 1 amide bonds. The first-order valence-electron chi connectivity index (χ1n) is 23.4. The average Bonchev–Trinajstić information content (AvgIpc) is 3.13. The van der Waals surface area contributed by atoms with E-state index >= 15 is 0 Å². The van der Waals surface area contributed by atoms with Crippen LogP contribution in [0.3, 0.4) is 0 Å². The molecule has 0 fully saturated rings. The molecule has 0 aliphatic rings. The minimum absolute atomic E-state index is 0.0300. The first-order valence-corrected chi connectivity index (χ1v) is 23.4. The summed E-state index contributed by atoms with van der Waals surface area (Å²) < 4.78 is 0. The molecule has 0 radical (unpaired) electrons. The van der Waals surface area contributed by atoms with Crippen molar-refractivity contribution in [1.29, 1.82) is 0 Å². The van der Waals surface area contributed by atoms with Crippen molar-refractivity contribution in [3.8, 4) is 0 Å². The van der Waals surface area contributed by atoms with Gasteiger partial charge in [0.2, 0.25) is 5.91 Å². The Bertz CT molecular complexity index is 695. The Balaban J connectivity index is 3.48.